The Kier molecular flexibility index (Phi) is 5.20. The molecule has 2 aromatic carbocycles. The normalized spacial score (nSPS) is 15.7. The summed E-state index contributed by atoms with van der Waals surface area (Å²) in [5, 5.41) is 10.9. The Labute approximate surface area is 164 Å². The third kappa shape index (κ3) is 3.89. The smallest absolute Gasteiger partial charge is 0.269 e. The van der Waals surface area contributed by atoms with E-state index < -0.39 is 13.0 Å². The first-order valence-corrected chi connectivity index (χ1v) is 12.5. The molecule has 1 aliphatic heterocycles. The van der Waals surface area contributed by atoms with E-state index in [0.717, 1.165) is 5.69 Å². The van der Waals surface area contributed by atoms with Crippen LogP contribution in [0.4, 0.5) is 11.4 Å². The van der Waals surface area contributed by atoms with Crippen LogP contribution in [0.3, 0.4) is 0 Å². The summed E-state index contributed by atoms with van der Waals surface area (Å²) in [6.07, 6.45) is 1.79. The molecule has 0 aromatic heterocycles. The molecule has 1 heterocycles. The van der Waals surface area contributed by atoms with Gasteiger partial charge in [-0.25, -0.2) is 0 Å². The molecule has 0 bridgehead atoms. The van der Waals surface area contributed by atoms with Crippen LogP contribution in [0.15, 0.2) is 66.1 Å². The van der Waals surface area contributed by atoms with Gasteiger partial charge in [0.15, 0.2) is 0 Å². The van der Waals surface area contributed by atoms with Gasteiger partial charge in [-0.05, 0) is 29.8 Å². The number of benzene rings is 2. The number of ether oxygens (including phenoxy) is 1. The van der Waals surface area contributed by atoms with Gasteiger partial charge in [-0.3, -0.25) is 14.9 Å². The fraction of sp³-hybridized carbons (Fsp3) is 0.190. The molecular weight excluding hydrogens is 372 g/mol. The highest BCUT2D eigenvalue weighted by molar-refractivity contribution is 6.81. The molecule has 0 spiro atoms. The molecule has 2 aromatic rings. The zero-order valence-corrected chi connectivity index (χ0v) is 17.3. The quantitative estimate of drug-likeness (QED) is 0.315. The summed E-state index contributed by atoms with van der Waals surface area (Å²) in [7, 11) is -0.112. The first-order chi connectivity index (χ1) is 13.2. The summed E-state index contributed by atoms with van der Waals surface area (Å²) < 4.78 is 5.48. The predicted octanol–water partition coefficient (Wildman–Crippen LogP) is 4.79. The Morgan fingerprint density at radius 3 is 2.29 bits per heavy atom. The third-order valence-electron chi connectivity index (χ3n) is 4.30. The lowest BCUT2D eigenvalue weighted by atomic mass is 10.0. The van der Waals surface area contributed by atoms with Gasteiger partial charge < -0.3 is 9.64 Å². The summed E-state index contributed by atoms with van der Waals surface area (Å²) in [5.74, 6) is 0.570. The van der Waals surface area contributed by atoms with Gasteiger partial charge in [0.1, 0.15) is 5.75 Å². The fourth-order valence-corrected chi connectivity index (χ4v) is 4.14. The number of hydrogen-bond donors (Lipinski definition) is 0. The lowest BCUT2D eigenvalue weighted by Crippen LogP contribution is -2.24. The van der Waals surface area contributed by atoms with Crippen LogP contribution in [0, 0.1) is 10.1 Å². The number of para-hydroxylation sites is 2. The molecule has 28 heavy (non-hydrogen) atoms. The van der Waals surface area contributed by atoms with Crippen LogP contribution in [-0.4, -0.2) is 25.9 Å². The van der Waals surface area contributed by atoms with Crippen LogP contribution in [-0.2, 0) is 4.79 Å². The number of nitro groups is 1. The lowest BCUT2D eigenvalue weighted by molar-refractivity contribution is -0.384. The molecule has 7 heteroatoms. The Bertz CT molecular complexity index is 988. The second kappa shape index (κ2) is 7.44. The number of anilines is 1. The number of Topliss-reactive ketones (excluding diaryl/α,β-unsaturated/α-hetero) is 1. The number of allylic oxidation sites excluding steroid dienone is 1. The zero-order valence-electron chi connectivity index (χ0n) is 16.3. The van der Waals surface area contributed by atoms with E-state index in [0.29, 0.717) is 22.6 Å². The predicted molar refractivity (Wildman–Crippen MR) is 113 cm³/mol. The highest BCUT2D eigenvalue weighted by Gasteiger charge is 2.32. The monoisotopic (exact) mass is 394 g/mol. The number of carbonyl (C=O) groups is 1. The van der Waals surface area contributed by atoms with Crippen molar-refractivity contribution in [3.63, 3.8) is 0 Å². The summed E-state index contributed by atoms with van der Waals surface area (Å²) >= 11 is 0. The summed E-state index contributed by atoms with van der Waals surface area (Å²) in [6, 6.07) is 13.6. The first-order valence-electron chi connectivity index (χ1n) is 8.88. The fourth-order valence-electron chi connectivity index (χ4n) is 3.05. The second-order valence-corrected chi connectivity index (χ2v) is 12.6. The van der Waals surface area contributed by atoms with E-state index in [1.807, 2.05) is 29.2 Å². The molecule has 0 saturated heterocycles. The van der Waals surface area contributed by atoms with Crippen molar-refractivity contribution in [2.24, 2.45) is 0 Å². The molecule has 0 unspecified atom stereocenters. The van der Waals surface area contributed by atoms with Gasteiger partial charge in [-0.1, -0.05) is 37.5 Å². The van der Waals surface area contributed by atoms with Crippen LogP contribution in [0.25, 0.3) is 5.57 Å². The van der Waals surface area contributed by atoms with E-state index >= 15 is 0 Å². The van der Waals surface area contributed by atoms with Gasteiger partial charge >= 0.3 is 0 Å². The van der Waals surface area contributed by atoms with Crippen LogP contribution >= 0.6 is 0 Å². The minimum absolute atomic E-state index is 0.00533. The Morgan fingerprint density at radius 2 is 1.71 bits per heavy atom. The van der Waals surface area contributed by atoms with Gasteiger partial charge in [0, 0.05) is 23.9 Å². The van der Waals surface area contributed by atoms with E-state index in [-0.39, 0.29) is 11.5 Å². The number of ketones is 1. The van der Waals surface area contributed by atoms with E-state index in [9.17, 15) is 14.9 Å². The van der Waals surface area contributed by atoms with Crippen molar-refractivity contribution < 1.29 is 14.5 Å². The Morgan fingerprint density at radius 1 is 1.07 bits per heavy atom. The largest absolute Gasteiger partial charge is 0.495 e. The second-order valence-electron chi connectivity index (χ2n) is 7.61. The molecule has 0 radical (unpaired) electrons. The van der Waals surface area contributed by atoms with Crippen LogP contribution in [0.1, 0.15) is 5.56 Å². The standard InChI is InChI=1S/C21H22N2O4Si/c1-27-20-8-6-5-7-18(20)22-13-17(21(24)19(22)14-28(2,3)4)15-9-11-16(12-10-15)23(25)26/h5-14H,1-4H3/b19-14-. The molecule has 0 N–H and O–H groups in total. The molecule has 0 aliphatic carbocycles. The van der Waals surface area contributed by atoms with Crippen molar-refractivity contribution in [2.45, 2.75) is 19.6 Å². The van der Waals surface area contributed by atoms with Gasteiger partial charge in [-0.15, -0.1) is 0 Å². The van der Waals surface area contributed by atoms with Crippen LogP contribution in [0.2, 0.25) is 19.6 Å². The highest BCUT2D eigenvalue weighted by Crippen LogP contribution is 2.38. The molecule has 0 fully saturated rings. The number of non-ortho nitro benzene ring substituents is 1. The summed E-state index contributed by atoms with van der Waals surface area (Å²) in [6.45, 7) is 6.49. The number of nitro benzene ring substituents is 1. The molecule has 144 valence electrons. The van der Waals surface area contributed by atoms with Crippen molar-refractivity contribution in [1.82, 2.24) is 0 Å². The third-order valence-corrected chi connectivity index (χ3v) is 5.44. The zero-order chi connectivity index (χ0) is 20.5. The summed E-state index contributed by atoms with van der Waals surface area (Å²) in [5.41, 5.74) is 4.59. The SMILES string of the molecule is COc1ccccc1N1C=C(c2ccc([N+](=O)[O-])cc2)C(=O)/C1=C/[Si](C)(C)C. The van der Waals surface area contributed by atoms with E-state index in [1.165, 1.54) is 12.1 Å². The van der Waals surface area contributed by atoms with Gasteiger partial charge in [0.2, 0.25) is 5.78 Å². The lowest BCUT2D eigenvalue weighted by Gasteiger charge is -2.22. The Balaban J connectivity index is 2.12. The van der Waals surface area contributed by atoms with Gasteiger partial charge in [0.05, 0.1) is 31.5 Å². The average molecular weight is 395 g/mol. The van der Waals surface area contributed by atoms with Crippen molar-refractivity contribution in [1.29, 1.82) is 0 Å². The molecule has 6 nitrogen and oxygen atoms in total. The minimum Gasteiger partial charge on any atom is -0.495 e. The average Bonchev–Trinajstić information content (AvgIpc) is 2.96. The molecule has 0 atom stereocenters. The first kappa shape index (κ1) is 19.6. The van der Waals surface area contributed by atoms with E-state index in [2.05, 4.69) is 25.3 Å². The number of nitrogens with zero attached hydrogens (tertiary/aromatic N) is 2. The van der Waals surface area contributed by atoms with E-state index in [4.69, 9.17) is 4.74 Å². The van der Waals surface area contributed by atoms with Gasteiger partial charge in [0.25, 0.3) is 5.69 Å². The molecule has 1 aliphatic rings. The topological polar surface area (TPSA) is 72.7 Å². The number of rotatable bonds is 5. The minimum atomic E-state index is -1.71. The molecule has 0 amide bonds. The molecule has 0 saturated carbocycles. The van der Waals surface area contributed by atoms with Crippen molar-refractivity contribution >= 4 is 30.8 Å². The maximum Gasteiger partial charge on any atom is 0.269 e. The van der Waals surface area contributed by atoms with Crippen molar-refractivity contribution in [2.75, 3.05) is 12.0 Å². The van der Waals surface area contributed by atoms with Crippen LogP contribution in [0.5, 0.6) is 5.75 Å². The maximum atomic E-state index is 13.3. The van der Waals surface area contributed by atoms with Gasteiger partial charge in [-0.2, -0.15) is 0 Å². The van der Waals surface area contributed by atoms with E-state index in [1.54, 1.807) is 25.4 Å². The number of methoxy groups -OCH3 is 1. The van der Waals surface area contributed by atoms with Crippen molar-refractivity contribution in [3.05, 3.63) is 81.8 Å². The molecular formula is C21H22N2O4Si. The number of carbonyl (C=O) groups excluding carboxylic acids is 1. The highest BCUT2D eigenvalue weighted by atomic mass is 28.3. The number of hydrogen-bond acceptors (Lipinski definition) is 5. The molecule has 3 rings (SSSR count). The summed E-state index contributed by atoms with van der Waals surface area (Å²) in [4.78, 5) is 25.6. The van der Waals surface area contributed by atoms with Crippen LogP contribution < -0.4 is 9.64 Å². The van der Waals surface area contributed by atoms with Crippen molar-refractivity contribution in [3.8, 4) is 5.75 Å². The Hall–Kier alpha value is -3.19. The maximum absolute atomic E-state index is 13.3.